The van der Waals surface area contributed by atoms with Crippen molar-refractivity contribution in [2.24, 2.45) is 5.10 Å². The molecule has 0 unspecified atom stereocenters. The Hall–Kier alpha value is -3.22. The molecule has 0 spiro atoms. The van der Waals surface area contributed by atoms with Crippen molar-refractivity contribution in [3.05, 3.63) is 65.5 Å². The highest BCUT2D eigenvalue weighted by atomic mass is 19.1. The van der Waals surface area contributed by atoms with Crippen LogP contribution in [0.3, 0.4) is 0 Å². The van der Waals surface area contributed by atoms with Gasteiger partial charge in [0, 0.05) is 5.56 Å². The molecule has 0 fully saturated rings. The number of nitrogens with one attached hydrogen (secondary N) is 2. The van der Waals surface area contributed by atoms with Gasteiger partial charge in [-0.1, -0.05) is 19.1 Å². The molecular formula is C19H20FN3O3. The molecule has 6 nitrogen and oxygen atoms in total. The van der Waals surface area contributed by atoms with Gasteiger partial charge < -0.3 is 10.1 Å². The topological polar surface area (TPSA) is 79.8 Å². The molecule has 0 aliphatic heterocycles. The van der Waals surface area contributed by atoms with Gasteiger partial charge in [0.1, 0.15) is 11.6 Å². The summed E-state index contributed by atoms with van der Waals surface area (Å²) in [5, 5.41) is 6.25. The third-order valence-corrected chi connectivity index (χ3v) is 3.27. The normalized spacial score (nSPS) is 10.5. The Morgan fingerprint density at radius 3 is 2.46 bits per heavy atom. The highest BCUT2D eigenvalue weighted by Gasteiger charge is 2.07. The minimum Gasteiger partial charge on any atom is -0.494 e. The number of carbonyl (C=O) groups is 2. The molecule has 2 aromatic rings. The molecule has 0 aromatic heterocycles. The molecule has 0 radical (unpaired) electrons. The van der Waals surface area contributed by atoms with Crippen LogP contribution in [0, 0.1) is 5.82 Å². The van der Waals surface area contributed by atoms with Crippen molar-refractivity contribution in [3.63, 3.8) is 0 Å². The predicted molar refractivity (Wildman–Crippen MR) is 96.7 cm³/mol. The first kappa shape index (κ1) is 19.1. The lowest BCUT2D eigenvalue weighted by Crippen LogP contribution is -2.34. The number of amides is 2. The summed E-state index contributed by atoms with van der Waals surface area (Å²) in [6.45, 7) is 2.41. The number of hydrogen-bond donors (Lipinski definition) is 2. The average molecular weight is 357 g/mol. The highest BCUT2D eigenvalue weighted by molar-refractivity contribution is 5.96. The van der Waals surface area contributed by atoms with E-state index in [0.717, 1.165) is 6.42 Å². The second kappa shape index (κ2) is 9.93. The summed E-state index contributed by atoms with van der Waals surface area (Å²) < 4.78 is 18.2. The zero-order chi connectivity index (χ0) is 18.8. The largest absolute Gasteiger partial charge is 0.494 e. The van der Waals surface area contributed by atoms with Gasteiger partial charge in [-0.15, -0.1) is 0 Å². The maximum absolute atomic E-state index is 12.8. The first-order valence-corrected chi connectivity index (χ1v) is 8.17. The zero-order valence-corrected chi connectivity index (χ0v) is 14.4. The summed E-state index contributed by atoms with van der Waals surface area (Å²) in [5.74, 6) is -0.501. The summed E-state index contributed by atoms with van der Waals surface area (Å²) in [5.41, 5.74) is 3.35. The molecule has 7 heteroatoms. The van der Waals surface area contributed by atoms with Gasteiger partial charge in [-0.25, -0.2) is 9.82 Å². The smallest absolute Gasteiger partial charge is 0.259 e. The number of hydrazone groups is 1. The number of rotatable bonds is 8. The minimum absolute atomic E-state index is 0.215. The molecule has 0 saturated carbocycles. The third-order valence-electron chi connectivity index (χ3n) is 3.27. The van der Waals surface area contributed by atoms with Crippen LogP contribution in [0.25, 0.3) is 0 Å². The van der Waals surface area contributed by atoms with Crippen molar-refractivity contribution in [1.82, 2.24) is 10.7 Å². The molecule has 2 aromatic carbocycles. The van der Waals surface area contributed by atoms with E-state index in [1.165, 1.54) is 30.5 Å². The van der Waals surface area contributed by atoms with Crippen molar-refractivity contribution >= 4 is 18.0 Å². The number of nitrogens with zero attached hydrogens (tertiary/aromatic N) is 1. The fraction of sp³-hybridized carbons (Fsp3) is 0.211. The van der Waals surface area contributed by atoms with Gasteiger partial charge in [0.15, 0.2) is 0 Å². The number of carbonyl (C=O) groups excluding carboxylic acids is 2. The molecule has 136 valence electrons. The quantitative estimate of drug-likeness (QED) is 0.563. The highest BCUT2D eigenvalue weighted by Crippen LogP contribution is 2.12. The zero-order valence-electron chi connectivity index (χ0n) is 14.4. The van der Waals surface area contributed by atoms with E-state index < -0.39 is 5.91 Å². The van der Waals surface area contributed by atoms with Crippen LogP contribution in [-0.4, -0.2) is 31.2 Å². The molecule has 26 heavy (non-hydrogen) atoms. The monoisotopic (exact) mass is 357 g/mol. The molecule has 2 N–H and O–H groups in total. The van der Waals surface area contributed by atoms with E-state index >= 15 is 0 Å². The van der Waals surface area contributed by atoms with E-state index in [9.17, 15) is 14.0 Å². The summed E-state index contributed by atoms with van der Waals surface area (Å²) in [6, 6.07) is 12.3. The van der Waals surface area contributed by atoms with Crippen molar-refractivity contribution in [2.75, 3.05) is 13.2 Å². The number of benzene rings is 2. The van der Waals surface area contributed by atoms with Crippen LogP contribution >= 0.6 is 0 Å². The Bertz CT molecular complexity index is 759. The number of ether oxygens (including phenoxy) is 1. The van der Waals surface area contributed by atoms with E-state index in [0.29, 0.717) is 23.5 Å². The molecule has 0 aliphatic carbocycles. The van der Waals surface area contributed by atoms with Gasteiger partial charge in [-0.2, -0.15) is 5.10 Å². The molecule has 2 amide bonds. The number of hydrogen-bond acceptors (Lipinski definition) is 4. The maximum atomic E-state index is 12.8. The second-order valence-corrected chi connectivity index (χ2v) is 5.40. The van der Waals surface area contributed by atoms with Gasteiger partial charge in [0.2, 0.25) is 0 Å². The second-order valence-electron chi connectivity index (χ2n) is 5.40. The van der Waals surface area contributed by atoms with E-state index in [-0.39, 0.29) is 18.3 Å². The van der Waals surface area contributed by atoms with Crippen LogP contribution in [0.4, 0.5) is 4.39 Å². The van der Waals surface area contributed by atoms with E-state index in [2.05, 4.69) is 15.8 Å². The van der Waals surface area contributed by atoms with Gasteiger partial charge in [-0.05, 0) is 48.4 Å². The Kier molecular flexibility index (Phi) is 7.30. The maximum Gasteiger partial charge on any atom is 0.259 e. The van der Waals surface area contributed by atoms with E-state index in [1.54, 1.807) is 24.3 Å². The van der Waals surface area contributed by atoms with Crippen LogP contribution in [0.15, 0.2) is 53.6 Å². The van der Waals surface area contributed by atoms with Crippen molar-refractivity contribution in [2.45, 2.75) is 13.3 Å². The molecular weight excluding hydrogens is 337 g/mol. The Balaban J connectivity index is 1.75. The molecule has 0 bridgehead atoms. The van der Waals surface area contributed by atoms with Gasteiger partial charge >= 0.3 is 0 Å². The van der Waals surface area contributed by atoms with Crippen molar-refractivity contribution in [1.29, 1.82) is 0 Å². The average Bonchev–Trinajstić information content (AvgIpc) is 2.66. The molecule has 0 atom stereocenters. The summed E-state index contributed by atoms with van der Waals surface area (Å²) in [7, 11) is 0. The van der Waals surface area contributed by atoms with Crippen molar-refractivity contribution < 1.29 is 18.7 Å². The molecule has 0 heterocycles. The summed E-state index contributed by atoms with van der Waals surface area (Å²) in [4.78, 5) is 23.7. The van der Waals surface area contributed by atoms with Crippen LogP contribution in [0.5, 0.6) is 5.75 Å². The fourth-order valence-electron chi connectivity index (χ4n) is 1.95. The Morgan fingerprint density at radius 2 is 1.81 bits per heavy atom. The lowest BCUT2D eigenvalue weighted by Gasteiger charge is -2.06. The number of halogens is 1. The lowest BCUT2D eigenvalue weighted by molar-refractivity contribution is -0.120. The lowest BCUT2D eigenvalue weighted by atomic mass is 10.2. The summed E-state index contributed by atoms with van der Waals surface area (Å²) in [6.07, 6.45) is 2.29. The standard InChI is InChI=1S/C19H20FN3O3/c1-2-11-26-17-9-5-15(6-10-17)19(25)21-13-18(24)23-22-12-14-3-7-16(20)8-4-14/h3-10,12H,2,11,13H2,1H3,(H,21,25)(H,23,24)/b22-12+. The minimum atomic E-state index is -0.473. The first-order valence-electron chi connectivity index (χ1n) is 8.17. The Morgan fingerprint density at radius 1 is 1.12 bits per heavy atom. The SMILES string of the molecule is CCCOc1ccc(C(=O)NCC(=O)N/N=C/c2ccc(F)cc2)cc1. The molecule has 0 saturated heterocycles. The molecule has 2 rings (SSSR count). The van der Waals surface area contributed by atoms with E-state index in [1.807, 2.05) is 6.92 Å². The summed E-state index contributed by atoms with van der Waals surface area (Å²) >= 11 is 0. The third kappa shape index (κ3) is 6.35. The van der Waals surface area contributed by atoms with Crippen molar-refractivity contribution in [3.8, 4) is 5.75 Å². The van der Waals surface area contributed by atoms with Crippen LogP contribution < -0.4 is 15.5 Å². The Labute approximate surface area is 151 Å². The van der Waals surface area contributed by atoms with Gasteiger partial charge in [0.05, 0.1) is 19.4 Å². The van der Waals surface area contributed by atoms with Gasteiger partial charge in [0.25, 0.3) is 11.8 Å². The fourth-order valence-corrected chi connectivity index (χ4v) is 1.95. The van der Waals surface area contributed by atoms with Crippen LogP contribution in [0.2, 0.25) is 0 Å². The van der Waals surface area contributed by atoms with Gasteiger partial charge in [-0.3, -0.25) is 9.59 Å². The molecule has 0 aliphatic rings. The van der Waals surface area contributed by atoms with E-state index in [4.69, 9.17) is 4.74 Å². The van der Waals surface area contributed by atoms with Crippen LogP contribution in [-0.2, 0) is 4.79 Å². The predicted octanol–water partition coefficient (Wildman–Crippen LogP) is 2.49. The van der Waals surface area contributed by atoms with Crippen LogP contribution in [0.1, 0.15) is 29.3 Å². The first-order chi connectivity index (χ1) is 12.6.